The Kier molecular flexibility index (Phi) is 5.25. The van der Waals surface area contributed by atoms with E-state index >= 15 is 0 Å². The van der Waals surface area contributed by atoms with E-state index in [0.29, 0.717) is 11.3 Å². The Morgan fingerprint density at radius 1 is 1.23 bits per heavy atom. The number of nitrogens with one attached hydrogen (secondary N) is 2. The summed E-state index contributed by atoms with van der Waals surface area (Å²) in [7, 11) is -3.93. The van der Waals surface area contributed by atoms with Crippen LogP contribution in [-0.2, 0) is 22.9 Å². The van der Waals surface area contributed by atoms with Crippen LogP contribution in [0.2, 0.25) is 0 Å². The van der Waals surface area contributed by atoms with E-state index in [1.807, 2.05) is 19.1 Å². The van der Waals surface area contributed by atoms with Crippen LogP contribution in [0, 0.1) is 6.92 Å². The molecular weight excluding hydrogens is 404 g/mol. The molecule has 9 heteroatoms. The number of H-pyrrole nitrogens is 1. The summed E-state index contributed by atoms with van der Waals surface area (Å²) in [4.78, 5) is 11.7. The average Bonchev–Trinajstić information content (AvgIpc) is 3.34. The summed E-state index contributed by atoms with van der Waals surface area (Å²) in [6, 6.07) is 9.82. The molecule has 0 radical (unpaired) electrons. The molecule has 30 heavy (non-hydrogen) atoms. The van der Waals surface area contributed by atoms with Gasteiger partial charge in [0.2, 0.25) is 15.9 Å². The van der Waals surface area contributed by atoms with Gasteiger partial charge in [0.25, 0.3) is 0 Å². The van der Waals surface area contributed by atoms with Gasteiger partial charge in [-0.3, -0.25) is 0 Å². The molecule has 158 valence electrons. The lowest BCUT2D eigenvalue weighted by Crippen LogP contribution is -2.33. The number of sulfonamides is 1. The molecule has 1 aliphatic rings. The predicted molar refractivity (Wildman–Crippen MR) is 113 cm³/mol. The molecule has 4 rings (SSSR count). The van der Waals surface area contributed by atoms with E-state index in [4.69, 9.17) is 10.2 Å². The molecule has 0 amide bonds. The van der Waals surface area contributed by atoms with Crippen molar-refractivity contribution in [3.05, 3.63) is 75.1 Å². The summed E-state index contributed by atoms with van der Waals surface area (Å²) in [5.74, 6) is -1.04. The second-order valence-corrected chi connectivity index (χ2v) is 9.38. The first-order valence-electron chi connectivity index (χ1n) is 9.81. The maximum absolute atomic E-state index is 13.2. The van der Waals surface area contributed by atoms with Gasteiger partial charge in [0.05, 0.1) is 4.90 Å². The number of benzene rings is 2. The van der Waals surface area contributed by atoms with E-state index in [2.05, 4.69) is 21.0 Å². The number of aromatic amines is 1. The van der Waals surface area contributed by atoms with Crippen LogP contribution in [0.15, 0.2) is 50.5 Å². The van der Waals surface area contributed by atoms with Crippen LogP contribution in [0.4, 0.5) is 5.69 Å². The average molecular weight is 429 g/mol. The van der Waals surface area contributed by atoms with Crippen molar-refractivity contribution in [1.82, 2.24) is 14.9 Å². The SMILES string of the molecule is Cc1cc(N)ccc1S(=O)(=O)NC(c1n[nH]c(=O)o1)C(C)c1cccc2c1CCC2. The number of rotatable bonds is 6. The molecule has 0 saturated heterocycles. The lowest BCUT2D eigenvalue weighted by atomic mass is 9.88. The van der Waals surface area contributed by atoms with Gasteiger partial charge >= 0.3 is 5.76 Å². The van der Waals surface area contributed by atoms with Gasteiger partial charge in [0.15, 0.2) is 0 Å². The summed E-state index contributed by atoms with van der Waals surface area (Å²) < 4.78 is 34.3. The van der Waals surface area contributed by atoms with Crippen LogP contribution in [0.3, 0.4) is 0 Å². The van der Waals surface area contributed by atoms with E-state index in [0.717, 1.165) is 24.8 Å². The summed E-state index contributed by atoms with van der Waals surface area (Å²) in [6.45, 7) is 3.59. The van der Waals surface area contributed by atoms with Crippen LogP contribution in [-0.4, -0.2) is 18.6 Å². The van der Waals surface area contributed by atoms with E-state index in [1.54, 1.807) is 19.1 Å². The zero-order valence-electron chi connectivity index (χ0n) is 16.8. The zero-order valence-corrected chi connectivity index (χ0v) is 17.6. The quantitative estimate of drug-likeness (QED) is 0.517. The molecule has 0 spiro atoms. The molecule has 4 N–H and O–H groups in total. The third-order valence-corrected chi connectivity index (χ3v) is 7.27. The summed E-state index contributed by atoms with van der Waals surface area (Å²) in [5.41, 5.74) is 10.3. The Bertz CT molecular complexity index is 1250. The Balaban J connectivity index is 1.76. The summed E-state index contributed by atoms with van der Waals surface area (Å²) >= 11 is 0. The third kappa shape index (κ3) is 3.78. The molecular formula is C21H24N4O4S. The first kappa shape index (κ1) is 20.4. The van der Waals surface area contributed by atoms with Gasteiger partial charge in [-0.25, -0.2) is 18.3 Å². The smallest absolute Gasteiger partial charge is 0.399 e. The molecule has 1 aliphatic carbocycles. The fourth-order valence-corrected chi connectivity index (χ4v) is 5.70. The number of nitrogens with two attached hydrogens (primary N) is 1. The van der Waals surface area contributed by atoms with E-state index in [1.165, 1.54) is 17.2 Å². The first-order chi connectivity index (χ1) is 14.3. The number of aromatic nitrogens is 2. The van der Waals surface area contributed by atoms with Gasteiger partial charge in [-0.1, -0.05) is 25.1 Å². The number of fused-ring (bicyclic) bond motifs is 1. The molecule has 2 aromatic carbocycles. The fourth-order valence-electron chi connectivity index (χ4n) is 4.20. The van der Waals surface area contributed by atoms with Gasteiger partial charge < -0.3 is 10.2 Å². The number of hydrogen-bond donors (Lipinski definition) is 3. The van der Waals surface area contributed by atoms with Crippen molar-refractivity contribution >= 4 is 15.7 Å². The molecule has 2 atom stereocenters. The van der Waals surface area contributed by atoms with Crippen LogP contribution in [0.1, 0.15) is 53.4 Å². The van der Waals surface area contributed by atoms with Crippen molar-refractivity contribution in [3.8, 4) is 0 Å². The van der Waals surface area contributed by atoms with Crippen LogP contribution < -0.4 is 16.2 Å². The number of nitrogens with zero attached hydrogens (tertiary/aromatic N) is 1. The van der Waals surface area contributed by atoms with Gasteiger partial charge in [-0.15, -0.1) is 5.10 Å². The maximum Gasteiger partial charge on any atom is 0.434 e. The van der Waals surface area contributed by atoms with Gasteiger partial charge in [-0.2, -0.15) is 4.72 Å². The molecule has 1 aromatic heterocycles. The van der Waals surface area contributed by atoms with E-state index < -0.39 is 21.8 Å². The normalized spacial score (nSPS) is 15.7. The monoisotopic (exact) mass is 428 g/mol. The largest absolute Gasteiger partial charge is 0.434 e. The highest BCUT2D eigenvalue weighted by Gasteiger charge is 2.33. The number of aryl methyl sites for hydroxylation is 2. The number of nitrogen functional groups attached to an aromatic ring is 1. The molecule has 1 heterocycles. The van der Waals surface area contributed by atoms with Crippen LogP contribution in [0.25, 0.3) is 0 Å². The van der Waals surface area contributed by atoms with Crippen molar-refractivity contribution in [3.63, 3.8) is 0 Å². The minimum atomic E-state index is -3.93. The Hall–Kier alpha value is -2.91. The highest BCUT2D eigenvalue weighted by Crippen LogP contribution is 2.37. The van der Waals surface area contributed by atoms with Crippen molar-refractivity contribution in [2.24, 2.45) is 0 Å². The standard InChI is InChI=1S/C21H24N4O4S/c1-12-11-15(22)9-10-18(12)30(27,28)25-19(20-23-24-21(26)29-20)13(2)16-7-3-5-14-6-4-8-17(14)16/h3,5,7,9-11,13,19,25H,4,6,8,22H2,1-2H3,(H,24,26). The minimum absolute atomic E-state index is 0.000210. The van der Waals surface area contributed by atoms with Crippen molar-refractivity contribution < 1.29 is 12.8 Å². The second-order valence-electron chi connectivity index (χ2n) is 7.70. The maximum atomic E-state index is 13.2. The molecule has 0 saturated carbocycles. The zero-order chi connectivity index (χ0) is 21.5. The lowest BCUT2D eigenvalue weighted by molar-refractivity contribution is 0.381. The molecule has 0 fully saturated rings. The number of hydrogen-bond acceptors (Lipinski definition) is 6. The molecule has 0 bridgehead atoms. The second kappa shape index (κ2) is 7.73. The van der Waals surface area contributed by atoms with Crippen molar-refractivity contribution in [1.29, 1.82) is 0 Å². The number of anilines is 1. The van der Waals surface area contributed by atoms with Crippen LogP contribution in [0.5, 0.6) is 0 Å². The highest BCUT2D eigenvalue weighted by atomic mass is 32.2. The van der Waals surface area contributed by atoms with Crippen LogP contribution >= 0.6 is 0 Å². The molecule has 8 nitrogen and oxygen atoms in total. The molecule has 2 unspecified atom stereocenters. The van der Waals surface area contributed by atoms with Crippen molar-refractivity contribution in [2.75, 3.05) is 5.73 Å². The van der Waals surface area contributed by atoms with Crippen molar-refractivity contribution in [2.45, 2.75) is 50.0 Å². The Morgan fingerprint density at radius 3 is 2.73 bits per heavy atom. The predicted octanol–water partition coefficient (Wildman–Crippen LogP) is 2.57. The third-order valence-electron chi connectivity index (χ3n) is 5.66. The topological polar surface area (TPSA) is 131 Å². The summed E-state index contributed by atoms with van der Waals surface area (Å²) in [5, 5.41) is 6.15. The fraction of sp³-hybridized carbons (Fsp3) is 0.333. The van der Waals surface area contributed by atoms with Gasteiger partial charge in [0.1, 0.15) is 6.04 Å². The lowest BCUT2D eigenvalue weighted by Gasteiger charge is -2.25. The van der Waals surface area contributed by atoms with Gasteiger partial charge in [-0.05, 0) is 66.6 Å². The first-order valence-corrected chi connectivity index (χ1v) is 11.3. The van der Waals surface area contributed by atoms with Gasteiger partial charge in [0, 0.05) is 11.6 Å². The van der Waals surface area contributed by atoms with E-state index in [9.17, 15) is 13.2 Å². The Morgan fingerprint density at radius 2 is 2.03 bits per heavy atom. The Labute approximate surface area is 174 Å². The minimum Gasteiger partial charge on any atom is -0.399 e. The molecule has 3 aromatic rings. The summed E-state index contributed by atoms with van der Waals surface area (Å²) in [6.07, 6.45) is 3.02. The van der Waals surface area contributed by atoms with E-state index in [-0.39, 0.29) is 16.7 Å². The molecule has 0 aliphatic heterocycles. The highest BCUT2D eigenvalue weighted by molar-refractivity contribution is 7.89.